The van der Waals surface area contributed by atoms with Crippen molar-refractivity contribution in [3.63, 3.8) is 0 Å². The molecule has 2 aromatic rings. The molecule has 2 amide bonds. The number of benzene rings is 1. The van der Waals surface area contributed by atoms with Crippen LogP contribution < -0.4 is 10.6 Å². The van der Waals surface area contributed by atoms with Crippen molar-refractivity contribution >= 4 is 31.7 Å². The van der Waals surface area contributed by atoms with Crippen molar-refractivity contribution < 1.29 is 13.7 Å². The molecule has 1 aliphatic rings. The van der Waals surface area contributed by atoms with Crippen LogP contribution in [0.4, 0.5) is 16.3 Å². The first-order valence-electron chi connectivity index (χ1n) is 12.4. The van der Waals surface area contributed by atoms with Gasteiger partial charge < -0.3 is 9.74 Å². The highest BCUT2D eigenvalue weighted by Crippen LogP contribution is 2.37. The maximum absolute atomic E-state index is 12.5. The second kappa shape index (κ2) is 10.9. The number of aliphatic imine (C=N–C) groups is 1. The molecule has 0 fully saturated rings. The summed E-state index contributed by atoms with van der Waals surface area (Å²) in [7, 11) is -1.82. The molecule has 2 N–H and O–H groups in total. The molecule has 0 bridgehead atoms. The monoisotopic (exact) mass is 506 g/mol. The zero-order valence-electron chi connectivity index (χ0n) is 22.6. The van der Waals surface area contributed by atoms with Crippen LogP contribution in [0.15, 0.2) is 72.6 Å². The van der Waals surface area contributed by atoms with E-state index in [0.29, 0.717) is 22.6 Å². The minimum Gasteiger partial charge on any atom is -0.413 e. The summed E-state index contributed by atoms with van der Waals surface area (Å²) in [5.41, 5.74) is 2.85. The Kier molecular flexibility index (Phi) is 8.33. The highest BCUT2D eigenvalue weighted by molar-refractivity contribution is 6.74. The summed E-state index contributed by atoms with van der Waals surface area (Å²) < 4.78 is 6.87. The summed E-state index contributed by atoms with van der Waals surface area (Å²) >= 11 is 0. The molecule has 192 valence electrons. The van der Waals surface area contributed by atoms with Gasteiger partial charge in [0.1, 0.15) is 24.6 Å². The van der Waals surface area contributed by atoms with Crippen molar-refractivity contribution in [3.05, 3.63) is 78.8 Å². The Morgan fingerprint density at radius 2 is 1.86 bits per heavy atom. The maximum atomic E-state index is 12.5. The van der Waals surface area contributed by atoms with Crippen molar-refractivity contribution in [1.82, 2.24) is 4.98 Å². The highest BCUT2D eigenvalue weighted by Gasteiger charge is 2.38. The number of amides is 2. The number of carbonyl (C=O) groups is 1. The topological polar surface area (TPSA) is 75.6 Å². The maximum Gasteiger partial charge on any atom is 0.324 e. The number of anilines is 2. The molecular weight excluding hydrogens is 466 g/mol. The SMILES string of the molecule is C=CC[N+]1([C@@H](C)c2ccc(NC(=O)Nc3ccc(CO[Si](C)(C)C(C)(C)C)cn3)cc2)C=CN=C1C. The Hall–Kier alpha value is -3.07. The normalized spacial score (nSPS) is 18.5. The third-order valence-corrected chi connectivity index (χ3v) is 11.9. The first kappa shape index (κ1) is 27.5. The molecule has 0 aliphatic carbocycles. The Morgan fingerprint density at radius 3 is 2.39 bits per heavy atom. The van der Waals surface area contributed by atoms with E-state index in [0.717, 1.165) is 23.5 Å². The fourth-order valence-corrected chi connectivity index (χ4v) is 4.86. The molecule has 8 heteroatoms. The van der Waals surface area contributed by atoms with Crippen LogP contribution in [0.3, 0.4) is 0 Å². The molecule has 1 aromatic heterocycles. The molecule has 1 aromatic carbocycles. The van der Waals surface area contributed by atoms with E-state index < -0.39 is 8.32 Å². The van der Waals surface area contributed by atoms with E-state index in [9.17, 15) is 4.79 Å². The van der Waals surface area contributed by atoms with Gasteiger partial charge in [0, 0.05) is 24.4 Å². The molecule has 36 heavy (non-hydrogen) atoms. The zero-order valence-corrected chi connectivity index (χ0v) is 23.6. The molecule has 1 aliphatic heterocycles. The number of quaternary nitrogens is 1. The molecule has 2 atom stereocenters. The minimum absolute atomic E-state index is 0.156. The molecule has 7 nitrogen and oxygen atoms in total. The Morgan fingerprint density at radius 1 is 1.17 bits per heavy atom. The predicted molar refractivity (Wildman–Crippen MR) is 151 cm³/mol. The number of nitrogens with one attached hydrogen (secondary N) is 2. The summed E-state index contributed by atoms with van der Waals surface area (Å²) in [5.74, 6) is 1.52. The van der Waals surface area contributed by atoms with Gasteiger partial charge in [-0.2, -0.15) is 0 Å². The average molecular weight is 507 g/mol. The van der Waals surface area contributed by atoms with E-state index in [4.69, 9.17) is 4.43 Å². The van der Waals surface area contributed by atoms with Crippen LogP contribution in [0.1, 0.15) is 51.8 Å². The van der Waals surface area contributed by atoms with E-state index in [2.05, 4.69) is 74.2 Å². The summed E-state index contributed by atoms with van der Waals surface area (Å²) in [5, 5.41) is 5.83. The van der Waals surface area contributed by atoms with Crippen LogP contribution in [-0.4, -0.2) is 36.2 Å². The number of hydrogen-bond acceptors (Lipinski definition) is 4. The Bertz CT molecular complexity index is 1130. The summed E-state index contributed by atoms with van der Waals surface area (Å²) in [6.45, 7) is 20.6. The van der Waals surface area contributed by atoms with Crippen LogP contribution in [0.5, 0.6) is 0 Å². The number of pyridine rings is 1. The number of carbonyl (C=O) groups excluding carboxylic acids is 1. The van der Waals surface area contributed by atoms with E-state index in [1.807, 2.05) is 49.5 Å². The van der Waals surface area contributed by atoms with Gasteiger partial charge in [-0.25, -0.2) is 19.3 Å². The highest BCUT2D eigenvalue weighted by atomic mass is 28.4. The lowest BCUT2D eigenvalue weighted by Gasteiger charge is -2.36. The van der Waals surface area contributed by atoms with Crippen molar-refractivity contribution in [3.8, 4) is 0 Å². The van der Waals surface area contributed by atoms with Crippen LogP contribution in [0.25, 0.3) is 0 Å². The third kappa shape index (κ3) is 6.18. The zero-order chi connectivity index (χ0) is 26.6. The van der Waals surface area contributed by atoms with Gasteiger partial charge in [0.15, 0.2) is 8.32 Å². The first-order valence-corrected chi connectivity index (χ1v) is 15.3. The van der Waals surface area contributed by atoms with Gasteiger partial charge in [-0.05, 0) is 54.9 Å². The van der Waals surface area contributed by atoms with Gasteiger partial charge >= 0.3 is 6.03 Å². The van der Waals surface area contributed by atoms with Crippen molar-refractivity contribution in [2.75, 3.05) is 17.2 Å². The van der Waals surface area contributed by atoms with E-state index in [1.54, 1.807) is 12.3 Å². The van der Waals surface area contributed by atoms with Gasteiger partial charge in [-0.3, -0.25) is 5.32 Å². The van der Waals surface area contributed by atoms with Crippen LogP contribution in [-0.2, 0) is 11.0 Å². The van der Waals surface area contributed by atoms with Crippen molar-refractivity contribution in [1.29, 1.82) is 0 Å². The number of hydrogen-bond donors (Lipinski definition) is 2. The van der Waals surface area contributed by atoms with Gasteiger partial charge in [0.25, 0.3) is 0 Å². The smallest absolute Gasteiger partial charge is 0.324 e. The van der Waals surface area contributed by atoms with Gasteiger partial charge in [0.05, 0.1) is 12.8 Å². The first-order chi connectivity index (χ1) is 16.9. The number of aromatic nitrogens is 1. The summed E-state index contributed by atoms with van der Waals surface area (Å²) in [6.07, 6.45) is 7.64. The second-order valence-electron chi connectivity index (χ2n) is 10.9. The van der Waals surface area contributed by atoms with Crippen molar-refractivity contribution in [2.45, 2.75) is 65.4 Å². The average Bonchev–Trinajstić information content (AvgIpc) is 3.19. The lowest BCUT2D eigenvalue weighted by molar-refractivity contribution is -0.812. The molecule has 1 unspecified atom stereocenters. The summed E-state index contributed by atoms with van der Waals surface area (Å²) in [4.78, 5) is 21.4. The molecule has 0 saturated carbocycles. The second-order valence-corrected chi connectivity index (χ2v) is 15.7. The van der Waals surface area contributed by atoms with Crippen LogP contribution in [0, 0.1) is 0 Å². The fraction of sp³-hybridized carbons (Fsp3) is 0.393. The standard InChI is InChI=1S/C28H39N5O2Si/c1-9-17-33(18-16-29-22(33)3)21(2)24-11-13-25(14-12-24)31-27(34)32-26-15-10-23(19-30-26)20-35-36(7,8)28(4,5)6/h9-16,18-19,21H,1,17,20H2,2-8H3,(H-,30,31,32,34)/p+1/t21-,33?/m0/s1. The minimum atomic E-state index is -1.82. The molecule has 0 radical (unpaired) electrons. The molecular formula is C28H40N5O2Si+. The molecule has 3 rings (SSSR count). The lowest BCUT2D eigenvalue weighted by Crippen LogP contribution is -2.47. The number of amidine groups is 1. The number of nitrogens with zero attached hydrogens (tertiary/aromatic N) is 3. The third-order valence-electron chi connectivity index (χ3n) is 7.44. The van der Waals surface area contributed by atoms with Gasteiger partial charge in [-0.1, -0.05) is 45.5 Å². The largest absolute Gasteiger partial charge is 0.413 e. The molecule has 0 saturated heterocycles. The van der Waals surface area contributed by atoms with E-state index in [-0.39, 0.29) is 17.1 Å². The fourth-order valence-electron chi connectivity index (χ4n) is 3.90. The summed E-state index contributed by atoms with van der Waals surface area (Å²) in [6, 6.07) is 11.5. The van der Waals surface area contributed by atoms with Crippen molar-refractivity contribution in [2.24, 2.45) is 4.99 Å². The number of urea groups is 1. The molecule has 0 spiro atoms. The predicted octanol–water partition coefficient (Wildman–Crippen LogP) is 7.21. The number of rotatable bonds is 9. The van der Waals surface area contributed by atoms with Crippen LogP contribution in [0.2, 0.25) is 18.1 Å². The van der Waals surface area contributed by atoms with Gasteiger partial charge in [-0.15, -0.1) is 0 Å². The lowest BCUT2D eigenvalue weighted by atomic mass is 10.0. The van der Waals surface area contributed by atoms with Gasteiger partial charge in [0.2, 0.25) is 5.84 Å². The van der Waals surface area contributed by atoms with E-state index >= 15 is 0 Å². The van der Waals surface area contributed by atoms with E-state index in [1.165, 1.54) is 0 Å². The van der Waals surface area contributed by atoms with Crippen LogP contribution >= 0.6 is 0 Å². The Balaban J connectivity index is 1.57. The molecule has 2 heterocycles. The quantitative estimate of drug-likeness (QED) is 0.214. The Labute approximate surface area is 216 Å².